The molecular weight excluding hydrogens is 538 g/mol. The van der Waals surface area contributed by atoms with Gasteiger partial charge < -0.3 is 15.5 Å². The van der Waals surface area contributed by atoms with E-state index in [1.54, 1.807) is 13.1 Å². The molecule has 1 aromatic carbocycles. The maximum absolute atomic E-state index is 13.6. The van der Waals surface area contributed by atoms with Gasteiger partial charge in [0.25, 0.3) is 0 Å². The molecule has 2 rings (SSSR count). The second kappa shape index (κ2) is 12.6. The van der Waals surface area contributed by atoms with E-state index in [2.05, 4.69) is 45.4 Å². The average molecular weight is 569 g/mol. The largest absolute Gasteiger partial charge is 0.354 e. The molecule has 8 heteroatoms. The number of benzene rings is 1. The third kappa shape index (κ3) is 7.17. The van der Waals surface area contributed by atoms with Crippen LogP contribution in [0.2, 0.25) is 0 Å². The molecule has 28 heavy (non-hydrogen) atoms. The van der Waals surface area contributed by atoms with Crippen LogP contribution in [0, 0.1) is 11.7 Å². The van der Waals surface area contributed by atoms with Crippen LogP contribution in [-0.4, -0.2) is 42.9 Å². The van der Waals surface area contributed by atoms with E-state index in [-0.39, 0.29) is 41.8 Å². The number of rotatable bonds is 6. The number of hydrogen-bond donors (Lipinski definition) is 2. The van der Waals surface area contributed by atoms with Crippen molar-refractivity contribution in [1.82, 2.24) is 15.5 Å². The summed E-state index contributed by atoms with van der Waals surface area (Å²) < 4.78 is 14.1. The lowest BCUT2D eigenvalue weighted by atomic mass is 9.98. The minimum absolute atomic E-state index is 0. The first-order chi connectivity index (χ1) is 13.0. The van der Waals surface area contributed by atoms with Gasteiger partial charge >= 0.3 is 0 Å². The first kappa shape index (κ1) is 25.1. The van der Waals surface area contributed by atoms with Gasteiger partial charge in [0.05, 0.1) is 4.47 Å². The summed E-state index contributed by atoms with van der Waals surface area (Å²) in [5.41, 5.74) is 0.851. The lowest BCUT2D eigenvalue weighted by molar-refractivity contribution is -0.136. The molecule has 0 unspecified atom stereocenters. The van der Waals surface area contributed by atoms with Gasteiger partial charge in [-0.15, -0.1) is 24.0 Å². The molecule has 1 heterocycles. The van der Waals surface area contributed by atoms with E-state index in [4.69, 9.17) is 0 Å². The van der Waals surface area contributed by atoms with E-state index in [1.165, 1.54) is 6.07 Å². The quantitative estimate of drug-likeness (QED) is 0.306. The molecule has 5 nitrogen and oxygen atoms in total. The van der Waals surface area contributed by atoms with Gasteiger partial charge in [-0.1, -0.05) is 19.9 Å². The molecule has 1 saturated heterocycles. The molecule has 0 atom stereocenters. The second-order valence-electron chi connectivity index (χ2n) is 6.93. The lowest BCUT2D eigenvalue weighted by Crippen LogP contribution is -2.50. The van der Waals surface area contributed by atoms with Crippen LogP contribution in [-0.2, 0) is 11.3 Å². The van der Waals surface area contributed by atoms with Gasteiger partial charge in [-0.2, -0.15) is 0 Å². The number of carbonyl (C=O) groups is 1. The fourth-order valence-electron chi connectivity index (χ4n) is 3.36. The summed E-state index contributed by atoms with van der Waals surface area (Å²) in [6.45, 7) is 6.21. The van der Waals surface area contributed by atoms with Crippen LogP contribution in [0.1, 0.15) is 45.1 Å². The van der Waals surface area contributed by atoms with Crippen molar-refractivity contribution >= 4 is 51.8 Å². The van der Waals surface area contributed by atoms with Gasteiger partial charge in [-0.3, -0.25) is 9.79 Å². The number of nitrogens with zero attached hydrogens (tertiary/aromatic N) is 2. The molecule has 0 saturated carbocycles. The number of piperidine rings is 1. The number of amides is 1. The smallest absolute Gasteiger partial charge is 0.225 e. The maximum atomic E-state index is 13.6. The Kier molecular flexibility index (Phi) is 11.3. The van der Waals surface area contributed by atoms with Crippen LogP contribution in [0.25, 0.3) is 0 Å². The van der Waals surface area contributed by atoms with Crippen LogP contribution in [0.15, 0.2) is 27.7 Å². The van der Waals surface area contributed by atoms with Crippen LogP contribution in [0.4, 0.5) is 4.39 Å². The third-order valence-electron chi connectivity index (χ3n) is 5.15. The summed E-state index contributed by atoms with van der Waals surface area (Å²) in [7, 11) is 1.73. The molecule has 0 bridgehead atoms. The van der Waals surface area contributed by atoms with Crippen molar-refractivity contribution in [1.29, 1.82) is 0 Å². The number of aliphatic imine (C=N–C) groups is 1. The van der Waals surface area contributed by atoms with Gasteiger partial charge in [0.15, 0.2) is 5.96 Å². The molecule has 1 fully saturated rings. The van der Waals surface area contributed by atoms with Gasteiger partial charge in [0, 0.05) is 38.6 Å². The van der Waals surface area contributed by atoms with Crippen molar-refractivity contribution in [2.24, 2.45) is 10.9 Å². The predicted octanol–water partition coefficient (Wildman–Crippen LogP) is 4.30. The summed E-state index contributed by atoms with van der Waals surface area (Å²) in [6, 6.07) is 5.36. The van der Waals surface area contributed by atoms with E-state index in [9.17, 15) is 9.18 Å². The highest BCUT2D eigenvalue weighted by molar-refractivity contribution is 14.0. The SMILES string of the molecule is CCC(CC)C(=O)N1CCC(NC(=NC)NCc2ccc(Br)c(F)c2)CC1.I. The Morgan fingerprint density at radius 1 is 1.32 bits per heavy atom. The monoisotopic (exact) mass is 568 g/mol. The van der Waals surface area contributed by atoms with Crippen LogP contribution < -0.4 is 10.6 Å². The Bertz CT molecular complexity index is 662. The number of hydrogen-bond acceptors (Lipinski definition) is 2. The number of carbonyl (C=O) groups excluding carboxylic acids is 1. The van der Waals surface area contributed by atoms with E-state index >= 15 is 0 Å². The Morgan fingerprint density at radius 2 is 1.96 bits per heavy atom. The summed E-state index contributed by atoms with van der Waals surface area (Å²) in [6.07, 6.45) is 3.61. The number of guanidine groups is 1. The molecule has 1 aliphatic rings. The van der Waals surface area contributed by atoms with E-state index in [0.717, 1.165) is 44.3 Å². The topological polar surface area (TPSA) is 56.7 Å². The zero-order chi connectivity index (χ0) is 19.8. The summed E-state index contributed by atoms with van der Waals surface area (Å²) in [4.78, 5) is 18.7. The summed E-state index contributed by atoms with van der Waals surface area (Å²) in [5, 5.41) is 6.64. The zero-order valence-corrected chi connectivity index (χ0v) is 20.7. The number of likely N-dealkylation sites (tertiary alicyclic amines) is 1. The second-order valence-corrected chi connectivity index (χ2v) is 7.79. The molecule has 0 radical (unpaired) electrons. The lowest BCUT2D eigenvalue weighted by Gasteiger charge is -2.34. The van der Waals surface area contributed by atoms with Crippen molar-refractivity contribution < 1.29 is 9.18 Å². The number of halogens is 3. The fraction of sp³-hybridized carbons (Fsp3) is 0.600. The highest BCUT2D eigenvalue weighted by atomic mass is 127. The minimum atomic E-state index is -0.272. The molecular formula is C20H31BrFIN4O. The molecule has 0 spiro atoms. The highest BCUT2D eigenvalue weighted by Crippen LogP contribution is 2.18. The van der Waals surface area contributed by atoms with Crippen LogP contribution in [0.5, 0.6) is 0 Å². The summed E-state index contributed by atoms with van der Waals surface area (Å²) in [5.74, 6) is 0.864. The van der Waals surface area contributed by atoms with Crippen molar-refractivity contribution in [2.45, 2.75) is 52.1 Å². The molecule has 0 aromatic heterocycles. The van der Waals surface area contributed by atoms with Gasteiger partial charge in [-0.25, -0.2) is 4.39 Å². The first-order valence-corrected chi connectivity index (χ1v) is 10.5. The Hall–Kier alpha value is -0.900. The molecule has 158 valence electrons. The highest BCUT2D eigenvalue weighted by Gasteiger charge is 2.26. The van der Waals surface area contributed by atoms with Crippen LogP contribution >= 0.6 is 39.9 Å². The van der Waals surface area contributed by atoms with Gasteiger partial charge in [-0.05, 0) is 59.3 Å². The minimum Gasteiger partial charge on any atom is -0.354 e. The average Bonchev–Trinajstić information content (AvgIpc) is 2.69. The van der Waals surface area contributed by atoms with Crippen LogP contribution in [0.3, 0.4) is 0 Å². The predicted molar refractivity (Wildman–Crippen MR) is 127 cm³/mol. The van der Waals surface area contributed by atoms with Crippen molar-refractivity contribution in [3.05, 3.63) is 34.1 Å². The third-order valence-corrected chi connectivity index (χ3v) is 5.79. The molecule has 0 aliphatic carbocycles. The van der Waals surface area contributed by atoms with Crippen molar-refractivity contribution in [2.75, 3.05) is 20.1 Å². The molecule has 1 amide bonds. The molecule has 2 N–H and O–H groups in total. The first-order valence-electron chi connectivity index (χ1n) is 9.68. The Balaban J connectivity index is 0.00000392. The van der Waals surface area contributed by atoms with Crippen molar-refractivity contribution in [3.8, 4) is 0 Å². The number of nitrogens with one attached hydrogen (secondary N) is 2. The molecule has 1 aromatic rings. The Labute approximate surface area is 193 Å². The molecule has 1 aliphatic heterocycles. The normalized spacial score (nSPS) is 15.4. The fourth-order valence-corrected chi connectivity index (χ4v) is 3.61. The maximum Gasteiger partial charge on any atom is 0.225 e. The van der Waals surface area contributed by atoms with E-state index < -0.39 is 0 Å². The van der Waals surface area contributed by atoms with Crippen molar-refractivity contribution in [3.63, 3.8) is 0 Å². The van der Waals surface area contributed by atoms with Gasteiger partial charge in [0.2, 0.25) is 5.91 Å². The zero-order valence-electron chi connectivity index (χ0n) is 16.8. The van der Waals surface area contributed by atoms with E-state index in [0.29, 0.717) is 22.9 Å². The standard InChI is InChI=1S/C20H30BrFN4O.HI/c1-4-15(5-2)19(27)26-10-8-16(9-11-26)25-20(23-3)24-13-14-6-7-17(21)18(22)12-14;/h6-7,12,15-16H,4-5,8-11,13H2,1-3H3,(H2,23,24,25);1H. The Morgan fingerprint density at radius 3 is 2.50 bits per heavy atom. The van der Waals surface area contributed by atoms with Gasteiger partial charge in [0.1, 0.15) is 5.82 Å². The van der Waals surface area contributed by atoms with E-state index in [1.807, 2.05) is 11.0 Å². The summed E-state index contributed by atoms with van der Waals surface area (Å²) >= 11 is 3.16.